The number of hydrogen-bond donors (Lipinski definition) is 0. The van der Waals surface area contributed by atoms with Crippen molar-refractivity contribution in [1.29, 1.82) is 0 Å². The second-order valence-corrected chi connectivity index (χ2v) is 7.53. The largest absolute Gasteiger partial charge is 0.497 e. The summed E-state index contributed by atoms with van der Waals surface area (Å²) in [6.45, 7) is 0. The first-order valence-corrected chi connectivity index (χ1v) is 9.94. The van der Waals surface area contributed by atoms with Gasteiger partial charge < -0.3 is 9.53 Å². The summed E-state index contributed by atoms with van der Waals surface area (Å²) in [6.07, 6.45) is 10.5. The van der Waals surface area contributed by atoms with Crippen LogP contribution in [-0.4, -0.2) is 19.1 Å². The summed E-state index contributed by atoms with van der Waals surface area (Å²) in [5.74, 6) is 1.62. The lowest BCUT2D eigenvalue weighted by Crippen LogP contribution is -2.27. The van der Waals surface area contributed by atoms with Gasteiger partial charge in [0.2, 0.25) is 0 Å². The number of allylic oxidation sites excluding steroid dienone is 3. The Morgan fingerprint density at radius 3 is 2.38 bits per heavy atom. The van der Waals surface area contributed by atoms with Gasteiger partial charge in [-0.3, -0.25) is 0 Å². The van der Waals surface area contributed by atoms with Gasteiger partial charge in [0.25, 0.3) is 0 Å². The van der Waals surface area contributed by atoms with E-state index in [1.54, 1.807) is 7.11 Å². The highest BCUT2D eigenvalue weighted by atomic mass is 32.2. The smallest absolute Gasteiger partial charge is 0.120 e. The summed E-state index contributed by atoms with van der Waals surface area (Å²) in [7, 11) is 1.69. The van der Waals surface area contributed by atoms with Crippen LogP contribution in [-0.2, 0) is 9.54 Å². The van der Waals surface area contributed by atoms with Crippen LogP contribution >= 0.6 is 11.8 Å². The highest BCUT2D eigenvalue weighted by Crippen LogP contribution is 2.50. The number of ether oxygens (including phenoxy) is 1. The fourth-order valence-electron chi connectivity index (χ4n) is 3.38. The molecule has 2 aromatic carbocycles. The minimum atomic E-state index is -0.326. The van der Waals surface area contributed by atoms with Crippen molar-refractivity contribution in [2.24, 2.45) is 0 Å². The zero-order chi connectivity index (χ0) is 18.2. The van der Waals surface area contributed by atoms with Crippen molar-refractivity contribution >= 4 is 18.0 Å². The molecule has 0 aliphatic heterocycles. The highest BCUT2D eigenvalue weighted by Gasteiger charge is 2.37. The van der Waals surface area contributed by atoms with Crippen molar-refractivity contribution in [3.05, 3.63) is 89.5 Å². The Balaban J connectivity index is 2.17. The monoisotopic (exact) mass is 364 g/mol. The molecule has 0 N–H and O–H groups in total. The topological polar surface area (TPSA) is 26.3 Å². The van der Waals surface area contributed by atoms with Crippen molar-refractivity contribution in [3.63, 3.8) is 0 Å². The molecule has 2 aromatic rings. The van der Waals surface area contributed by atoms with Crippen molar-refractivity contribution in [1.82, 2.24) is 0 Å². The minimum Gasteiger partial charge on any atom is -0.497 e. The molecule has 26 heavy (non-hydrogen) atoms. The molecule has 0 saturated carbocycles. The van der Waals surface area contributed by atoms with Crippen LogP contribution in [0.15, 0.2) is 78.4 Å². The first-order chi connectivity index (χ1) is 12.8. The van der Waals surface area contributed by atoms with E-state index in [2.05, 4.69) is 54.6 Å². The minimum absolute atomic E-state index is 0.326. The van der Waals surface area contributed by atoms with Gasteiger partial charge in [-0.15, -0.1) is 11.8 Å². The maximum atomic E-state index is 11.0. The van der Waals surface area contributed by atoms with Crippen LogP contribution in [0.3, 0.4) is 0 Å². The molecule has 0 saturated heterocycles. The van der Waals surface area contributed by atoms with E-state index in [1.807, 2.05) is 30.0 Å². The standard InChI is InChI=1S/C23H24O2S/c1-25-22-15-13-21(14-16-22)23(26-18-8-17-24,19-9-4-2-5-10-19)20-11-6-3-7-12-20/h2,4-6,9-17H,3,7-8,18H2,1H3. The van der Waals surface area contributed by atoms with E-state index in [4.69, 9.17) is 4.74 Å². The average molecular weight is 365 g/mol. The van der Waals surface area contributed by atoms with E-state index in [0.717, 1.165) is 30.6 Å². The van der Waals surface area contributed by atoms with E-state index < -0.39 is 0 Å². The number of thioether (sulfide) groups is 1. The fraction of sp³-hybridized carbons (Fsp3) is 0.261. The predicted octanol–water partition coefficient (Wildman–Crippen LogP) is 5.54. The molecular weight excluding hydrogens is 340 g/mol. The molecule has 1 unspecified atom stereocenters. The lowest BCUT2D eigenvalue weighted by atomic mass is 9.81. The van der Waals surface area contributed by atoms with E-state index in [0.29, 0.717) is 6.42 Å². The van der Waals surface area contributed by atoms with Crippen LogP contribution in [0.25, 0.3) is 0 Å². The fourth-order valence-corrected chi connectivity index (χ4v) is 4.83. The molecule has 0 fully saturated rings. The van der Waals surface area contributed by atoms with Gasteiger partial charge in [0.15, 0.2) is 0 Å². The SMILES string of the molecule is COc1ccc(C(SCCC=O)(C2=CCCC=C2)c2ccccc2)cc1. The molecule has 134 valence electrons. The van der Waals surface area contributed by atoms with Gasteiger partial charge in [-0.25, -0.2) is 0 Å². The lowest BCUT2D eigenvalue weighted by Gasteiger charge is -2.37. The van der Waals surface area contributed by atoms with Crippen LogP contribution in [0.1, 0.15) is 30.4 Å². The summed E-state index contributed by atoms with van der Waals surface area (Å²) in [4.78, 5) is 11.0. The number of rotatable bonds is 8. The molecule has 1 atom stereocenters. The second kappa shape index (κ2) is 8.91. The number of carbonyl (C=O) groups is 1. The van der Waals surface area contributed by atoms with Crippen molar-refractivity contribution < 1.29 is 9.53 Å². The molecule has 1 aliphatic rings. The summed E-state index contributed by atoms with van der Waals surface area (Å²) in [5, 5.41) is 0. The van der Waals surface area contributed by atoms with E-state index in [9.17, 15) is 4.79 Å². The number of hydrogen-bond acceptors (Lipinski definition) is 3. The van der Waals surface area contributed by atoms with Crippen LogP contribution in [0.2, 0.25) is 0 Å². The summed E-state index contributed by atoms with van der Waals surface area (Å²) >= 11 is 1.83. The Morgan fingerprint density at radius 1 is 1.04 bits per heavy atom. The Kier molecular flexibility index (Phi) is 6.35. The average Bonchev–Trinajstić information content (AvgIpc) is 2.73. The Morgan fingerprint density at radius 2 is 1.77 bits per heavy atom. The number of carbonyl (C=O) groups excluding carboxylic acids is 1. The molecule has 3 heteroatoms. The van der Waals surface area contributed by atoms with Gasteiger partial charge in [0.1, 0.15) is 12.0 Å². The Bertz CT molecular complexity index is 778. The molecule has 0 bridgehead atoms. The van der Waals surface area contributed by atoms with Gasteiger partial charge in [-0.05, 0) is 41.7 Å². The van der Waals surface area contributed by atoms with Crippen LogP contribution in [0, 0.1) is 0 Å². The molecule has 0 aromatic heterocycles. The summed E-state index contributed by atoms with van der Waals surface area (Å²) < 4.78 is 5.02. The highest BCUT2D eigenvalue weighted by molar-refractivity contribution is 8.00. The summed E-state index contributed by atoms with van der Waals surface area (Å²) in [5.41, 5.74) is 3.73. The Hall–Kier alpha value is -2.26. The van der Waals surface area contributed by atoms with Crippen LogP contribution < -0.4 is 4.74 Å². The lowest BCUT2D eigenvalue weighted by molar-refractivity contribution is -0.107. The number of methoxy groups -OCH3 is 1. The predicted molar refractivity (Wildman–Crippen MR) is 110 cm³/mol. The molecule has 0 amide bonds. The molecule has 0 heterocycles. The summed E-state index contributed by atoms with van der Waals surface area (Å²) in [6, 6.07) is 18.9. The third kappa shape index (κ3) is 3.78. The Labute approximate surface area is 160 Å². The second-order valence-electron chi connectivity index (χ2n) is 6.22. The number of benzene rings is 2. The first kappa shape index (κ1) is 18.5. The van der Waals surface area contributed by atoms with Gasteiger partial charge in [-0.1, -0.05) is 60.7 Å². The van der Waals surface area contributed by atoms with Gasteiger partial charge >= 0.3 is 0 Å². The molecule has 0 spiro atoms. The molecule has 0 radical (unpaired) electrons. The van der Waals surface area contributed by atoms with Gasteiger partial charge in [0.05, 0.1) is 11.9 Å². The van der Waals surface area contributed by atoms with E-state index in [1.165, 1.54) is 16.7 Å². The van der Waals surface area contributed by atoms with Crippen LogP contribution in [0.4, 0.5) is 0 Å². The van der Waals surface area contributed by atoms with Gasteiger partial charge in [-0.2, -0.15) is 0 Å². The van der Waals surface area contributed by atoms with E-state index >= 15 is 0 Å². The van der Waals surface area contributed by atoms with E-state index in [-0.39, 0.29) is 4.75 Å². The third-order valence-electron chi connectivity index (χ3n) is 4.63. The van der Waals surface area contributed by atoms with Crippen molar-refractivity contribution in [2.75, 3.05) is 12.9 Å². The van der Waals surface area contributed by atoms with Crippen molar-refractivity contribution in [2.45, 2.75) is 24.0 Å². The van der Waals surface area contributed by atoms with Gasteiger partial charge in [0, 0.05) is 12.2 Å². The molecule has 2 nitrogen and oxygen atoms in total. The number of aldehydes is 1. The van der Waals surface area contributed by atoms with Crippen molar-refractivity contribution in [3.8, 4) is 5.75 Å². The molecule has 1 aliphatic carbocycles. The quantitative estimate of drug-likeness (QED) is 0.454. The van der Waals surface area contributed by atoms with Crippen LogP contribution in [0.5, 0.6) is 5.75 Å². The zero-order valence-corrected chi connectivity index (χ0v) is 15.9. The normalized spacial score (nSPS) is 15.8. The molecule has 3 rings (SSSR count). The zero-order valence-electron chi connectivity index (χ0n) is 15.1. The maximum absolute atomic E-state index is 11.0. The third-order valence-corrected chi connectivity index (χ3v) is 6.21. The maximum Gasteiger partial charge on any atom is 0.120 e. The first-order valence-electron chi connectivity index (χ1n) is 8.96. The molecular formula is C23H24O2S.